The number of ether oxygens (including phenoxy) is 5. The molecule has 0 atom stereocenters. The Labute approximate surface area is 181 Å². The highest BCUT2D eigenvalue weighted by Gasteiger charge is 2.10. The lowest BCUT2D eigenvalue weighted by molar-refractivity contribution is -0.110. The first kappa shape index (κ1) is 23.4. The smallest absolute Gasteiger partial charge is 0.182 e. The summed E-state index contributed by atoms with van der Waals surface area (Å²) >= 11 is 0. The molecule has 0 spiro atoms. The van der Waals surface area contributed by atoms with Crippen LogP contribution in [-0.4, -0.2) is 46.4 Å². The molecule has 0 saturated heterocycles. The fraction of sp³-hybridized carbons (Fsp3) is 0.208. The number of hydrogen-bond donors (Lipinski definition) is 1. The SMILES string of the molecule is COc1cc(OC)c(OC)cc1/C=C/C(=O)C=C(O)/C=C/c1ccc(OC)c(OC)c1. The number of ketones is 1. The first-order valence-electron chi connectivity index (χ1n) is 9.28. The van der Waals surface area contributed by atoms with Gasteiger partial charge in [0, 0.05) is 17.7 Å². The summed E-state index contributed by atoms with van der Waals surface area (Å²) in [6.45, 7) is 0. The van der Waals surface area contributed by atoms with Crippen molar-refractivity contribution in [2.45, 2.75) is 0 Å². The monoisotopic (exact) mass is 426 g/mol. The Bertz CT molecular complexity index is 1000. The second kappa shape index (κ2) is 11.3. The average Bonchev–Trinajstić information content (AvgIpc) is 2.80. The Balaban J connectivity index is 2.15. The number of rotatable bonds is 10. The highest BCUT2D eigenvalue weighted by atomic mass is 16.5. The molecule has 0 amide bonds. The number of carbonyl (C=O) groups is 1. The molecular formula is C24H26O7. The summed E-state index contributed by atoms with van der Waals surface area (Å²) in [6, 6.07) is 8.68. The lowest BCUT2D eigenvalue weighted by atomic mass is 10.1. The Morgan fingerprint density at radius 1 is 0.710 bits per heavy atom. The lowest BCUT2D eigenvalue weighted by Gasteiger charge is -2.11. The summed E-state index contributed by atoms with van der Waals surface area (Å²) in [5, 5.41) is 10.1. The maximum absolute atomic E-state index is 12.2. The van der Waals surface area contributed by atoms with E-state index in [1.54, 1.807) is 56.7 Å². The zero-order valence-electron chi connectivity index (χ0n) is 18.2. The zero-order chi connectivity index (χ0) is 22.8. The van der Waals surface area contributed by atoms with E-state index in [1.165, 1.54) is 33.5 Å². The summed E-state index contributed by atoms with van der Waals surface area (Å²) in [6.07, 6.45) is 7.09. The van der Waals surface area contributed by atoms with E-state index in [4.69, 9.17) is 23.7 Å². The van der Waals surface area contributed by atoms with Crippen molar-refractivity contribution in [3.8, 4) is 28.7 Å². The maximum atomic E-state index is 12.2. The van der Waals surface area contributed by atoms with Gasteiger partial charge >= 0.3 is 0 Å². The van der Waals surface area contributed by atoms with E-state index in [-0.39, 0.29) is 5.76 Å². The van der Waals surface area contributed by atoms with E-state index < -0.39 is 5.78 Å². The molecule has 1 N–H and O–H groups in total. The van der Waals surface area contributed by atoms with E-state index in [9.17, 15) is 9.90 Å². The number of allylic oxidation sites excluding steroid dienone is 3. The normalized spacial score (nSPS) is 11.6. The van der Waals surface area contributed by atoms with Crippen LogP contribution in [0.2, 0.25) is 0 Å². The minimum absolute atomic E-state index is 0.191. The second-order valence-electron chi connectivity index (χ2n) is 6.20. The molecule has 7 heteroatoms. The predicted molar refractivity (Wildman–Crippen MR) is 119 cm³/mol. The van der Waals surface area contributed by atoms with Crippen LogP contribution >= 0.6 is 0 Å². The van der Waals surface area contributed by atoms with E-state index in [0.717, 1.165) is 11.6 Å². The van der Waals surface area contributed by atoms with Crippen LogP contribution in [0.3, 0.4) is 0 Å². The average molecular weight is 426 g/mol. The Hall–Kier alpha value is -3.87. The van der Waals surface area contributed by atoms with Gasteiger partial charge in [0.15, 0.2) is 28.8 Å². The molecule has 0 bridgehead atoms. The molecule has 0 saturated carbocycles. The van der Waals surface area contributed by atoms with Crippen molar-refractivity contribution >= 4 is 17.9 Å². The van der Waals surface area contributed by atoms with Gasteiger partial charge in [-0.15, -0.1) is 0 Å². The summed E-state index contributed by atoms with van der Waals surface area (Å²) in [7, 11) is 7.67. The minimum Gasteiger partial charge on any atom is -0.508 e. The number of hydrogen-bond acceptors (Lipinski definition) is 7. The molecule has 2 aromatic rings. The van der Waals surface area contributed by atoms with Gasteiger partial charge in [0.25, 0.3) is 0 Å². The topological polar surface area (TPSA) is 83.5 Å². The number of benzene rings is 2. The Morgan fingerprint density at radius 2 is 1.29 bits per heavy atom. The molecule has 0 aliphatic carbocycles. The number of methoxy groups -OCH3 is 5. The number of aliphatic hydroxyl groups excluding tert-OH is 1. The van der Waals surface area contributed by atoms with Crippen molar-refractivity contribution < 1.29 is 33.6 Å². The summed E-state index contributed by atoms with van der Waals surface area (Å²) in [5.74, 6) is 2.12. The van der Waals surface area contributed by atoms with Crippen LogP contribution in [0.5, 0.6) is 28.7 Å². The van der Waals surface area contributed by atoms with Crippen LogP contribution < -0.4 is 23.7 Å². The van der Waals surface area contributed by atoms with Gasteiger partial charge in [-0.3, -0.25) is 4.79 Å². The number of carbonyl (C=O) groups excluding carboxylic acids is 1. The molecule has 2 rings (SSSR count). The summed E-state index contributed by atoms with van der Waals surface area (Å²) in [4.78, 5) is 12.2. The fourth-order valence-corrected chi connectivity index (χ4v) is 2.74. The molecular weight excluding hydrogens is 400 g/mol. The van der Waals surface area contributed by atoms with E-state index in [0.29, 0.717) is 34.3 Å². The molecule has 0 radical (unpaired) electrons. The van der Waals surface area contributed by atoms with Gasteiger partial charge < -0.3 is 28.8 Å². The molecule has 164 valence electrons. The van der Waals surface area contributed by atoms with Crippen LogP contribution in [0.1, 0.15) is 11.1 Å². The lowest BCUT2D eigenvalue weighted by Crippen LogP contribution is -1.95. The fourth-order valence-electron chi connectivity index (χ4n) is 2.74. The molecule has 2 aromatic carbocycles. The van der Waals surface area contributed by atoms with Gasteiger partial charge in [-0.1, -0.05) is 12.1 Å². The van der Waals surface area contributed by atoms with Gasteiger partial charge in [0.05, 0.1) is 35.5 Å². The van der Waals surface area contributed by atoms with Crippen molar-refractivity contribution in [3.63, 3.8) is 0 Å². The van der Waals surface area contributed by atoms with Crippen LogP contribution in [0, 0.1) is 0 Å². The van der Waals surface area contributed by atoms with Crippen molar-refractivity contribution in [1.29, 1.82) is 0 Å². The highest BCUT2D eigenvalue weighted by molar-refractivity contribution is 6.02. The van der Waals surface area contributed by atoms with Crippen LogP contribution in [-0.2, 0) is 4.79 Å². The standard InChI is InChI=1S/C24H26O7/c1-27-20-11-7-16(12-22(20)29-3)6-9-18(25)14-19(26)10-8-17-13-23(30-4)24(31-5)15-21(17)28-2/h6-15,25H,1-5H3/b9-6+,10-8+,18-14?. The molecule has 31 heavy (non-hydrogen) atoms. The van der Waals surface area contributed by atoms with E-state index in [1.807, 2.05) is 0 Å². The third-order valence-electron chi connectivity index (χ3n) is 4.31. The predicted octanol–water partition coefficient (Wildman–Crippen LogP) is 4.47. The summed E-state index contributed by atoms with van der Waals surface area (Å²) < 4.78 is 26.3. The zero-order valence-corrected chi connectivity index (χ0v) is 18.2. The van der Waals surface area contributed by atoms with Crippen LogP contribution in [0.15, 0.2) is 54.3 Å². The minimum atomic E-state index is -0.397. The third kappa shape index (κ3) is 6.30. The first-order valence-corrected chi connectivity index (χ1v) is 9.28. The number of aliphatic hydroxyl groups is 1. The van der Waals surface area contributed by atoms with Crippen molar-refractivity contribution in [2.75, 3.05) is 35.5 Å². The molecule has 0 heterocycles. The van der Waals surface area contributed by atoms with Crippen LogP contribution in [0.4, 0.5) is 0 Å². The van der Waals surface area contributed by atoms with Gasteiger partial charge in [-0.25, -0.2) is 0 Å². The highest BCUT2D eigenvalue weighted by Crippen LogP contribution is 2.35. The van der Waals surface area contributed by atoms with Gasteiger partial charge in [-0.05, 0) is 42.0 Å². The van der Waals surface area contributed by atoms with Gasteiger partial charge in [0.1, 0.15) is 11.5 Å². The summed E-state index contributed by atoms with van der Waals surface area (Å²) in [5.41, 5.74) is 1.40. The first-order chi connectivity index (χ1) is 14.9. The van der Waals surface area contributed by atoms with Crippen molar-refractivity contribution in [3.05, 3.63) is 65.4 Å². The van der Waals surface area contributed by atoms with Crippen LogP contribution in [0.25, 0.3) is 12.2 Å². The van der Waals surface area contributed by atoms with Gasteiger partial charge in [-0.2, -0.15) is 0 Å². The third-order valence-corrected chi connectivity index (χ3v) is 4.31. The van der Waals surface area contributed by atoms with E-state index >= 15 is 0 Å². The quantitative estimate of drug-likeness (QED) is 0.341. The van der Waals surface area contributed by atoms with Gasteiger partial charge in [0.2, 0.25) is 0 Å². The van der Waals surface area contributed by atoms with E-state index in [2.05, 4.69) is 0 Å². The maximum Gasteiger partial charge on any atom is 0.182 e. The molecule has 0 fully saturated rings. The second-order valence-corrected chi connectivity index (χ2v) is 6.20. The largest absolute Gasteiger partial charge is 0.508 e. The van der Waals surface area contributed by atoms with Crippen molar-refractivity contribution in [2.24, 2.45) is 0 Å². The molecule has 0 aromatic heterocycles. The Morgan fingerprint density at radius 3 is 1.90 bits per heavy atom. The van der Waals surface area contributed by atoms with Crippen molar-refractivity contribution in [1.82, 2.24) is 0 Å². The molecule has 0 unspecified atom stereocenters. The molecule has 0 aliphatic rings. The molecule has 0 aliphatic heterocycles. The Kier molecular flexibility index (Phi) is 8.57. The molecule has 7 nitrogen and oxygen atoms in total.